The average molecular weight is 331 g/mol. The van der Waals surface area contributed by atoms with E-state index in [2.05, 4.69) is 0 Å². The van der Waals surface area contributed by atoms with Crippen LogP contribution in [-0.4, -0.2) is 32.5 Å². The molecule has 122 valence electrons. The molecule has 0 aliphatic rings. The Morgan fingerprint density at radius 1 is 1.09 bits per heavy atom. The molecule has 1 amide bonds. The maximum Gasteiger partial charge on any atom is 0.254 e. The Morgan fingerprint density at radius 2 is 1.70 bits per heavy atom. The van der Waals surface area contributed by atoms with E-state index in [1.165, 1.54) is 6.26 Å². The van der Waals surface area contributed by atoms with Gasteiger partial charge < -0.3 is 4.90 Å². The molecule has 0 fully saturated rings. The van der Waals surface area contributed by atoms with Gasteiger partial charge in [-0.15, -0.1) is 0 Å². The molecule has 4 nitrogen and oxygen atoms in total. The van der Waals surface area contributed by atoms with Gasteiger partial charge in [-0.05, 0) is 43.7 Å². The summed E-state index contributed by atoms with van der Waals surface area (Å²) >= 11 is 0. The predicted octanol–water partition coefficient (Wildman–Crippen LogP) is 3.23. The number of benzene rings is 2. The van der Waals surface area contributed by atoms with Crippen LogP contribution in [-0.2, 0) is 9.84 Å². The zero-order valence-corrected chi connectivity index (χ0v) is 14.6. The van der Waals surface area contributed by atoms with Gasteiger partial charge in [0.2, 0.25) is 0 Å². The van der Waals surface area contributed by atoms with Crippen molar-refractivity contribution in [1.29, 1.82) is 0 Å². The van der Waals surface area contributed by atoms with Crippen molar-refractivity contribution in [2.24, 2.45) is 0 Å². The van der Waals surface area contributed by atoms with E-state index >= 15 is 0 Å². The molecule has 2 rings (SSSR count). The molecule has 0 spiro atoms. The second-order valence-electron chi connectivity index (χ2n) is 5.80. The molecular weight excluding hydrogens is 310 g/mol. The van der Waals surface area contributed by atoms with Gasteiger partial charge in [0.25, 0.3) is 5.91 Å². The van der Waals surface area contributed by atoms with Crippen molar-refractivity contribution in [2.45, 2.75) is 24.8 Å². The summed E-state index contributed by atoms with van der Waals surface area (Å²) in [6, 6.07) is 14.0. The van der Waals surface area contributed by atoms with E-state index in [9.17, 15) is 13.2 Å². The highest BCUT2D eigenvalue weighted by Gasteiger charge is 2.19. The van der Waals surface area contributed by atoms with Gasteiger partial charge in [0.15, 0.2) is 9.84 Å². The van der Waals surface area contributed by atoms with Crippen molar-refractivity contribution in [3.05, 3.63) is 65.2 Å². The summed E-state index contributed by atoms with van der Waals surface area (Å²) in [5, 5.41) is 0. The highest BCUT2D eigenvalue weighted by atomic mass is 32.2. The van der Waals surface area contributed by atoms with E-state index in [1.807, 2.05) is 32.0 Å². The lowest BCUT2D eigenvalue weighted by Crippen LogP contribution is -2.29. The topological polar surface area (TPSA) is 54.5 Å². The Labute approximate surface area is 137 Å². The fourth-order valence-corrected chi connectivity index (χ4v) is 3.01. The third-order valence-electron chi connectivity index (χ3n) is 3.96. The first-order valence-corrected chi connectivity index (χ1v) is 9.23. The number of aryl methyl sites for hydroxylation is 1. The number of carbonyl (C=O) groups excluding carboxylic acids is 1. The van der Waals surface area contributed by atoms with Crippen LogP contribution >= 0.6 is 0 Å². The van der Waals surface area contributed by atoms with Crippen molar-refractivity contribution in [3.63, 3.8) is 0 Å². The second kappa shape index (κ2) is 6.54. The van der Waals surface area contributed by atoms with Crippen molar-refractivity contribution in [3.8, 4) is 0 Å². The first-order chi connectivity index (χ1) is 10.7. The molecule has 0 saturated carbocycles. The number of sulfone groups is 1. The van der Waals surface area contributed by atoms with E-state index in [0.717, 1.165) is 11.1 Å². The minimum Gasteiger partial charge on any atom is -0.335 e. The largest absolute Gasteiger partial charge is 0.335 e. The zero-order chi connectivity index (χ0) is 17.2. The first kappa shape index (κ1) is 17.2. The quantitative estimate of drug-likeness (QED) is 0.864. The second-order valence-corrected chi connectivity index (χ2v) is 7.82. The number of carbonyl (C=O) groups is 1. The molecule has 1 atom stereocenters. The van der Waals surface area contributed by atoms with Crippen LogP contribution in [0.25, 0.3) is 0 Å². The van der Waals surface area contributed by atoms with Gasteiger partial charge in [0, 0.05) is 18.9 Å². The molecule has 1 unspecified atom stereocenters. The van der Waals surface area contributed by atoms with E-state index in [-0.39, 0.29) is 16.8 Å². The third-order valence-corrected chi connectivity index (χ3v) is 5.09. The van der Waals surface area contributed by atoms with Gasteiger partial charge in [0.1, 0.15) is 0 Å². The van der Waals surface area contributed by atoms with Crippen LogP contribution in [0.5, 0.6) is 0 Å². The number of nitrogens with zero attached hydrogens (tertiary/aromatic N) is 1. The van der Waals surface area contributed by atoms with Crippen molar-refractivity contribution in [1.82, 2.24) is 4.90 Å². The standard InChI is InChI=1S/C18H21NO3S/c1-13-6-5-7-16(12-13)18(20)19(3)14(2)15-8-10-17(11-9-15)23(4,21)22/h5-12,14H,1-4H3. The number of rotatable bonds is 4. The third kappa shape index (κ3) is 3.99. The summed E-state index contributed by atoms with van der Waals surface area (Å²) < 4.78 is 23.0. The first-order valence-electron chi connectivity index (χ1n) is 7.34. The molecule has 0 heterocycles. The summed E-state index contributed by atoms with van der Waals surface area (Å²) in [5.74, 6) is -0.0617. The van der Waals surface area contributed by atoms with Crippen LogP contribution in [0.2, 0.25) is 0 Å². The molecule has 0 N–H and O–H groups in total. The van der Waals surface area contributed by atoms with Crippen LogP contribution in [0.4, 0.5) is 0 Å². The Balaban J connectivity index is 2.22. The molecule has 0 saturated heterocycles. The van der Waals surface area contributed by atoms with E-state index in [1.54, 1.807) is 42.3 Å². The van der Waals surface area contributed by atoms with Crippen LogP contribution in [0.3, 0.4) is 0 Å². The zero-order valence-electron chi connectivity index (χ0n) is 13.8. The lowest BCUT2D eigenvalue weighted by Gasteiger charge is -2.25. The monoisotopic (exact) mass is 331 g/mol. The number of hydrogen-bond acceptors (Lipinski definition) is 3. The van der Waals surface area contributed by atoms with E-state index in [4.69, 9.17) is 0 Å². The molecule has 23 heavy (non-hydrogen) atoms. The van der Waals surface area contributed by atoms with Gasteiger partial charge in [-0.1, -0.05) is 29.8 Å². The summed E-state index contributed by atoms with van der Waals surface area (Å²) in [6.45, 7) is 3.87. The molecule has 0 aliphatic carbocycles. The minimum absolute atomic E-state index is 0.0617. The van der Waals surface area contributed by atoms with E-state index < -0.39 is 9.84 Å². The van der Waals surface area contributed by atoms with Crippen molar-refractivity contribution < 1.29 is 13.2 Å². The fraction of sp³-hybridized carbons (Fsp3) is 0.278. The molecule has 0 radical (unpaired) electrons. The average Bonchev–Trinajstić information content (AvgIpc) is 2.52. The summed E-state index contributed by atoms with van der Waals surface area (Å²) in [5.41, 5.74) is 2.57. The summed E-state index contributed by atoms with van der Waals surface area (Å²) in [7, 11) is -1.46. The smallest absolute Gasteiger partial charge is 0.254 e. The lowest BCUT2D eigenvalue weighted by atomic mass is 10.1. The van der Waals surface area contributed by atoms with Crippen LogP contribution in [0.1, 0.15) is 34.5 Å². The SMILES string of the molecule is Cc1cccc(C(=O)N(C)C(C)c2ccc(S(C)(=O)=O)cc2)c1. The molecule has 0 bridgehead atoms. The Morgan fingerprint density at radius 3 is 2.22 bits per heavy atom. The van der Waals surface area contributed by atoms with Crippen molar-refractivity contribution in [2.75, 3.05) is 13.3 Å². The lowest BCUT2D eigenvalue weighted by molar-refractivity contribution is 0.0742. The number of hydrogen-bond donors (Lipinski definition) is 0. The Hall–Kier alpha value is -2.14. The van der Waals surface area contributed by atoms with Crippen LogP contribution in [0, 0.1) is 6.92 Å². The summed E-state index contributed by atoms with van der Waals surface area (Å²) in [6.07, 6.45) is 1.18. The highest BCUT2D eigenvalue weighted by molar-refractivity contribution is 7.90. The molecular formula is C18H21NO3S. The van der Waals surface area contributed by atoms with E-state index in [0.29, 0.717) is 5.56 Å². The van der Waals surface area contributed by atoms with Gasteiger partial charge in [-0.3, -0.25) is 4.79 Å². The Kier molecular flexibility index (Phi) is 4.90. The normalized spacial score (nSPS) is 12.7. The van der Waals surface area contributed by atoms with Crippen LogP contribution < -0.4 is 0 Å². The molecule has 0 aliphatic heterocycles. The maximum absolute atomic E-state index is 12.6. The number of amides is 1. The molecule has 0 aromatic heterocycles. The minimum atomic E-state index is -3.21. The van der Waals surface area contributed by atoms with Gasteiger partial charge >= 0.3 is 0 Å². The van der Waals surface area contributed by atoms with Crippen molar-refractivity contribution >= 4 is 15.7 Å². The predicted molar refractivity (Wildman–Crippen MR) is 91.2 cm³/mol. The van der Waals surface area contributed by atoms with Gasteiger partial charge in [-0.25, -0.2) is 8.42 Å². The Bertz CT molecular complexity index is 810. The highest BCUT2D eigenvalue weighted by Crippen LogP contribution is 2.22. The fourth-order valence-electron chi connectivity index (χ4n) is 2.37. The molecule has 2 aromatic rings. The molecule has 2 aromatic carbocycles. The van der Waals surface area contributed by atoms with Gasteiger partial charge in [-0.2, -0.15) is 0 Å². The summed E-state index contributed by atoms with van der Waals surface area (Å²) in [4.78, 5) is 14.5. The van der Waals surface area contributed by atoms with Crippen LogP contribution in [0.15, 0.2) is 53.4 Å². The van der Waals surface area contributed by atoms with Gasteiger partial charge in [0.05, 0.1) is 10.9 Å². The maximum atomic E-state index is 12.6. The molecule has 5 heteroatoms.